The van der Waals surface area contributed by atoms with E-state index in [9.17, 15) is 12.8 Å². The van der Waals surface area contributed by atoms with Crippen molar-refractivity contribution in [3.63, 3.8) is 0 Å². The van der Waals surface area contributed by atoms with Crippen LogP contribution in [0.4, 0.5) is 4.39 Å². The van der Waals surface area contributed by atoms with Crippen LogP contribution in [0.5, 0.6) is 0 Å². The molecule has 0 aromatic heterocycles. The molecule has 0 bridgehead atoms. The summed E-state index contributed by atoms with van der Waals surface area (Å²) in [6, 6.07) is 12.1. The number of hydrogen-bond acceptors (Lipinski definition) is 2. The van der Waals surface area contributed by atoms with Gasteiger partial charge in [0.15, 0.2) is 0 Å². The minimum absolute atomic E-state index is 0.116. The van der Waals surface area contributed by atoms with Gasteiger partial charge in [-0.15, -0.1) is 0 Å². The van der Waals surface area contributed by atoms with Crippen molar-refractivity contribution in [2.75, 3.05) is 6.54 Å². The first-order valence-electron chi connectivity index (χ1n) is 7.02. The van der Waals surface area contributed by atoms with Crippen molar-refractivity contribution in [1.82, 2.24) is 4.31 Å². The summed E-state index contributed by atoms with van der Waals surface area (Å²) >= 11 is 6.05. The van der Waals surface area contributed by atoms with Crippen molar-refractivity contribution in [2.24, 2.45) is 0 Å². The number of hydrogen-bond donors (Lipinski definition) is 0. The van der Waals surface area contributed by atoms with Crippen LogP contribution in [0.15, 0.2) is 53.4 Å². The molecule has 2 aromatic carbocycles. The van der Waals surface area contributed by atoms with Gasteiger partial charge in [0.1, 0.15) is 10.7 Å². The third-order valence-corrected chi connectivity index (χ3v) is 6.29. The molecule has 1 saturated heterocycles. The quantitative estimate of drug-likeness (QED) is 0.847. The average Bonchev–Trinajstić information content (AvgIpc) is 2.98. The summed E-state index contributed by atoms with van der Waals surface area (Å²) in [4.78, 5) is 0.116. The molecule has 0 saturated carbocycles. The summed E-state index contributed by atoms with van der Waals surface area (Å²) in [7, 11) is -3.67. The maximum Gasteiger partial charge on any atom is 0.245 e. The van der Waals surface area contributed by atoms with E-state index in [1.54, 1.807) is 30.3 Å². The van der Waals surface area contributed by atoms with Gasteiger partial charge in [-0.25, -0.2) is 12.8 Å². The molecule has 0 unspecified atom stereocenters. The molecular weight excluding hydrogens is 325 g/mol. The lowest BCUT2D eigenvalue weighted by Crippen LogP contribution is -2.30. The first-order valence-corrected chi connectivity index (χ1v) is 8.84. The fourth-order valence-electron chi connectivity index (χ4n) is 2.83. The molecule has 116 valence electrons. The number of nitrogens with zero attached hydrogens (tertiary/aromatic N) is 1. The number of rotatable bonds is 3. The highest BCUT2D eigenvalue weighted by molar-refractivity contribution is 7.89. The van der Waals surface area contributed by atoms with Gasteiger partial charge in [0.05, 0.1) is 11.1 Å². The normalized spacial score (nSPS) is 19.5. The molecule has 1 aliphatic rings. The van der Waals surface area contributed by atoms with Gasteiger partial charge in [0, 0.05) is 6.54 Å². The van der Waals surface area contributed by atoms with Gasteiger partial charge < -0.3 is 0 Å². The van der Waals surface area contributed by atoms with Gasteiger partial charge in [-0.3, -0.25) is 0 Å². The summed E-state index contributed by atoms with van der Waals surface area (Å²) in [5, 5.41) is 0.215. The molecule has 1 fully saturated rings. The van der Waals surface area contributed by atoms with Crippen LogP contribution in [0.3, 0.4) is 0 Å². The van der Waals surface area contributed by atoms with Crippen molar-refractivity contribution in [2.45, 2.75) is 23.8 Å². The van der Waals surface area contributed by atoms with E-state index in [1.165, 1.54) is 22.5 Å². The molecular formula is C16H15ClFNO2S. The van der Waals surface area contributed by atoms with Gasteiger partial charge in [-0.1, -0.05) is 35.9 Å². The molecule has 1 aliphatic heterocycles. The van der Waals surface area contributed by atoms with E-state index in [1.807, 2.05) is 0 Å². The smallest absolute Gasteiger partial charge is 0.207 e. The Balaban J connectivity index is 1.99. The number of benzene rings is 2. The van der Waals surface area contributed by atoms with E-state index in [4.69, 9.17) is 11.6 Å². The monoisotopic (exact) mass is 339 g/mol. The minimum atomic E-state index is -3.67. The predicted octanol–water partition coefficient (Wildman–Crippen LogP) is 4.00. The van der Waals surface area contributed by atoms with E-state index in [0.717, 1.165) is 18.4 Å². The molecule has 3 nitrogen and oxygen atoms in total. The van der Waals surface area contributed by atoms with Crippen molar-refractivity contribution in [3.05, 3.63) is 64.9 Å². The molecule has 1 atom stereocenters. The molecule has 0 N–H and O–H groups in total. The highest BCUT2D eigenvalue weighted by Crippen LogP contribution is 2.37. The lowest BCUT2D eigenvalue weighted by molar-refractivity contribution is 0.396. The van der Waals surface area contributed by atoms with Crippen LogP contribution < -0.4 is 0 Å². The molecule has 3 rings (SSSR count). The van der Waals surface area contributed by atoms with Gasteiger partial charge in [0.25, 0.3) is 0 Å². The third kappa shape index (κ3) is 2.76. The van der Waals surface area contributed by atoms with E-state index in [2.05, 4.69) is 0 Å². The van der Waals surface area contributed by atoms with E-state index in [0.29, 0.717) is 6.54 Å². The van der Waals surface area contributed by atoms with Crippen molar-refractivity contribution in [1.29, 1.82) is 0 Å². The first-order chi connectivity index (χ1) is 10.5. The zero-order chi connectivity index (χ0) is 15.7. The Hall–Kier alpha value is -1.43. The van der Waals surface area contributed by atoms with Crippen LogP contribution >= 0.6 is 11.6 Å². The Morgan fingerprint density at radius 2 is 1.77 bits per heavy atom. The molecule has 6 heteroatoms. The minimum Gasteiger partial charge on any atom is -0.207 e. The SMILES string of the molecule is O=S(=O)(c1ccccc1Cl)N1CCC[C@H]1c1ccc(F)cc1. The fourth-order valence-corrected chi connectivity index (χ4v) is 5.00. The van der Waals surface area contributed by atoms with Gasteiger partial charge in [-0.05, 0) is 42.7 Å². The Morgan fingerprint density at radius 3 is 2.45 bits per heavy atom. The highest BCUT2D eigenvalue weighted by Gasteiger charge is 2.36. The first kappa shape index (κ1) is 15.5. The average molecular weight is 340 g/mol. The summed E-state index contributed by atoms with van der Waals surface area (Å²) in [5.41, 5.74) is 0.800. The van der Waals surface area contributed by atoms with Crippen LogP contribution in [0.25, 0.3) is 0 Å². The topological polar surface area (TPSA) is 37.4 Å². The van der Waals surface area contributed by atoms with Gasteiger partial charge >= 0.3 is 0 Å². The van der Waals surface area contributed by atoms with Crippen molar-refractivity contribution in [3.8, 4) is 0 Å². The lowest BCUT2D eigenvalue weighted by atomic mass is 10.1. The fraction of sp³-hybridized carbons (Fsp3) is 0.250. The predicted molar refractivity (Wildman–Crippen MR) is 83.7 cm³/mol. The van der Waals surface area contributed by atoms with Gasteiger partial charge in [-0.2, -0.15) is 4.31 Å². The zero-order valence-electron chi connectivity index (χ0n) is 11.7. The van der Waals surface area contributed by atoms with Crippen LogP contribution in [0.1, 0.15) is 24.4 Å². The second kappa shape index (κ2) is 5.99. The molecule has 0 amide bonds. The summed E-state index contributed by atoms with van der Waals surface area (Å²) in [5.74, 6) is -0.331. The molecule has 1 heterocycles. The lowest BCUT2D eigenvalue weighted by Gasteiger charge is -2.25. The van der Waals surface area contributed by atoms with E-state index < -0.39 is 10.0 Å². The molecule has 0 aliphatic carbocycles. The third-order valence-electron chi connectivity index (χ3n) is 3.88. The van der Waals surface area contributed by atoms with Crippen LogP contribution in [-0.4, -0.2) is 19.3 Å². The van der Waals surface area contributed by atoms with Crippen molar-refractivity contribution >= 4 is 21.6 Å². The standard InChI is InChI=1S/C16H15ClFNO2S/c17-14-4-1-2-6-16(14)22(20,21)19-11-3-5-15(19)12-7-9-13(18)10-8-12/h1-2,4,6-10,15H,3,5,11H2/t15-/m0/s1. The largest absolute Gasteiger partial charge is 0.245 e. The Morgan fingerprint density at radius 1 is 1.09 bits per heavy atom. The summed E-state index contributed by atoms with van der Waals surface area (Å²) in [6.07, 6.45) is 1.49. The Kier molecular flexibility index (Phi) is 4.21. The van der Waals surface area contributed by atoms with Crippen LogP contribution in [0, 0.1) is 5.82 Å². The maximum atomic E-state index is 13.1. The molecule has 0 spiro atoms. The van der Waals surface area contributed by atoms with E-state index in [-0.39, 0.29) is 21.8 Å². The molecule has 22 heavy (non-hydrogen) atoms. The zero-order valence-corrected chi connectivity index (χ0v) is 13.3. The van der Waals surface area contributed by atoms with Crippen LogP contribution in [-0.2, 0) is 10.0 Å². The molecule has 2 aromatic rings. The number of sulfonamides is 1. The van der Waals surface area contributed by atoms with Gasteiger partial charge in [0.2, 0.25) is 10.0 Å². The summed E-state index contributed by atoms with van der Waals surface area (Å²) < 4.78 is 40.3. The Labute approximate surface area is 134 Å². The second-order valence-electron chi connectivity index (χ2n) is 5.26. The summed E-state index contributed by atoms with van der Waals surface area (Å²) in [6.45, 7) is 0.440. The van der Waals surface area contributed by atoms with Crippen LogP contribution in [0.2, 0.25) is 5.02 Å². The number of halogens is 2. The highest BCUT2D eigenvalue weighted by atomic mass is 35.5. The Bertz CT molecular complexity index is 777. The van der Waals surface area contributed by atoms with Crippen molar-refractivity contribution < 1.29 is 12.8 Å². The maximum absolute atomic E-state index is 13.1. The molecule has 0 radical (unpaired) electrons. The van der Waals surface area contributed by atoms with E-state index >= 15 is 0 Å². The second-order valence-corrected chi connectivity index (χ2v) is 7.52.